The molecule has 1 aliphatic carbocycles. The molecule has 1 fully saturated rings. The number of ether oxygens (including phenoxy) is 2. The molecule has 17 heavy (non-hydrogen) atoms. The van der Waals surface area contributed by atoms with Crippen molar-refractivity contribution in [2.75, 3.05) is 14.2 Å². The second-order valence-electron chi connectivity index (χ2n) is 3.93. The van der Waals surface area contributed by atoms with E-state index in [0.717, 1.165) is 0 Å². The average molecular weight is 245 g/mol. The summed E-state index contributed by atoms with van der Waals surface area (Å²) in [5.74, 6) is -0.936. The molecule has 0 aromatic heterocycles. The van der Waals surface area contributed by atoms with Crippen LogP contribution >= 0.6 is 0 Å². The normalized spacial score (nSPS) is 25.9. The SMILES string of the molecule is COC(=O)CCC1(C(=O)OC)CC1NC(=O)O. The van der Waals surface area contributed by atoms with Crippen LogP contribution in [-0.2, 0) is 19.1 Å². The van der Waals surface area contributed by atoms with E-state index in [2.05, 4.69) is 14.8 Å². The quantitative estimate of drug-likeness (QED) is 0.668. The van der Waals surface area contributed by atoms with Crippen LogP contribution in [0.4, 0.5) is 4.79 Å². The van der Waals surface area contributed by atoms with Gasteiger partial charge < -0.3 is 19.9 Å². The van der Waals surface area contributed by atoms with Crippen molar-refractivity contribution < 1.29 is 29.0 Å². The highest BCUT2D eigenvalue weighted by atomic mass is 16.5. The Hall–Kier alpha value is -1.79. The predicted octanol–water partition coefficient (Wildman–Crippen LogP) is 0.139. The van der Waals surface area contributed by atoms with Gasteiger partial charge in [0.25, 0.3) is 0 Å². The maximum Gasteiger partial charge on any atom is 0.404 e. The maximum absolute atomic E-state index is 11.6. The average Bonchev–Trinajstić information content (AvgIpc) is 2.98. The highest BCUT2D eigenvalue weighted by Gasteiger charge is 2.61. The molecule has 0 saturated heterocycles. The minimum atomic E-state index is -1.20. The van der Waals surface area contributed by atoms with Crippen molar-refractivity contribution in [1.29, 1.82) is 0 Å². The molecule has 2 atom stereocenters. The molecule has 1 saturated carbocycles. The summed E-state index contributed by atoms with van der Waals surface area (Å²) >= 11 is 0. The number of carbonyl (C=O) groups is 3. The zero-order valence-electron chi connectivity index (χ0n) is 9.69. The number of carbonyl (C=O) groups excluding carboxylic acids is 2. The highest BCUT2D eigenvalue weighted by Crippen LogP contribution is 2.50. The molecule has 0 heterocycles. The van der Waals surface area contributed by atoms with Gasteiger partial charge in [0.2, 0.25) is 0 Å². The number of nitrogens with one attached hydrogen (secondary N) is 1. The molecule has 7 nitrogen and oxygen atoms in total. The molecular formula is C10H15NO6. The number of carboxylic acid groups (broad SMARTS) is 1. The lowest BCUT2D eigenvalue weighted by atomic mass is 9.99. The monoisotopic (exact) mass is 245 g/mol. The molecule has 1 aliphatic rings. The standard InChI is InChI=1S/C10H15NO6/c1-16-7(12)3-4-10(8(13)17-2)5-6(10)11-9(14)15/h6,11H,3-5H2,1-2H3,(H,14,15). The first-order valence-electron chi connectivity index (χ1n) is 5.11. The summed E-state index contributed by atoms with van der Waals surface area (Å²) in [4.78, 5) is 33.1. The van der Waals surface area contributed by atoms with E-state index in [0.29, 0.717) is 6.42 Å². The molecule has 1 rings (SSSR count). The maximum atomic E-state index is 11.6. The molecule has 0 aromatic carbocycles. The second kappa shape index (κ2) is 5.03. The van der Waals surface area contributed by atoms with E-state index in [4.69, 9.17) is 5.11 Å². The largest absolute Gasteiger partial charge is 0.469 e. The summed E-state index contributed by atoms with van der Waals surface area (Å²) < 4.78 is 9.11. The van der Waals surface area contributed by atoms with Gasteiger partial charge in [-0.15, -0.1) is 0 Å². The Labute approximate surface area is 98.1 Å². The zero-order valence-corrected chi connectivity index (χ0v) is 9.69. The summed E-state index contributed by atoms with van der Waals surface area (Å²) in [7, 11) is 2.49. The summed E-state index contributed by atoms with van der Waals surface area (Å²) in [6.45, 7) is 0. The van der Waals surface area contributed by atoms with Crippen molar-refractivity contribution in [3.8, 4) is 0 Å². The molecule has 0 aliphatic heterocycles. The lowest BCUT2D eigenvalue weighted by Crippen LogP contribution is -2.33. The molecule has 0 aromatic rings. The Kier molecular flexibility index (Phi) is 3.93. The minimum absolute atomic E-state index is 0.0589. The van der Waals surface area contributed by atoms with Gasteiger partial charge in [-0.25, -0.2) is 4.79 Å². The highest BCUT2D eigenvalue weighted by molar-refractivity contribution is 5.84. The lowest BCUT2D eigenvalue weighted by molar-refractivity contribution is -0.148. The van der Waals surface area contributed by atoms with Gasteiger partial charge in [0.05, 0.1) is 19.6 Å². The molecule has 0 spiro atoms. The van der Waals surface area contributed by atoms with Crippen molar-refractivity contribution in [2.45, 2.75) is 25.3 Å². The summed E-state index contributed by atoms with van der Waals surface area (Å²) in [6.07, 6.45) is -0.567. The third-order valence-corrected chi connectivity index (χ3v) is 2.97. The number of esters is 2. The van der Waals surface area contributed by atoms with Gasteiger partial charge in [0, 0.05) is 12.5 Å². The summed E-state index contributed by atoms with van der Waals surface area (Å²) in [5, 5.41) is 10.8. The van der Waals surface area contributed by atoms with Crippen LogP contribution in [0.5, 0.6) is 0 Å². The second-order valence-corrected chi connectivity index (χ2v) is 3.93. The lowest BCUT2D eigenvalue weighted by Gasteiger charge is -2.13. The van der Waals surface area contributed by atoms with Crippen molar-refractivity contribution in [3.63, 3.8) is 0 Å². The molecule has 2 unspecified atom stereocenters. The van der Waals surface area contributed by atoms with E-state index < -0.39 is 29.5 Å². The van der Waals surface area contributed by atoms with Gasteiger partial charge in [0.15, 0.2) is 0 Å². The Balaban J connectivity index is 2.61. The van der Waals surface area contributed by atoms with Crippen LogP contribution in [0.15, 0.2) is 0 Å². The van der Waals surface area contributed by atoms with Crippen molar-refractivity contribution in [2.24, 2.45) is 5.41 Å². The van der Waals surface area contributed by atoms with Crippen LogP contribution in [0.1, 0.15) is 19.3 Å². The van der Waals surface area contributed by atoms with Crippen LogP contribution in [0.3, 0.4) is 0 Å². The van der Waals surface area contributed by atoms with E-state index in [9.17, 15) is 14.4 Å². The minimum Gasteiger partial charge on any atom is -0.469 e. The van der Waals surface area contributed by atoms with Gasteiger partial charge in [-0.3, -0.25) is 9.59 Å². The van der Waals surface area contributed by atoms with Gasteiger partial charge in [-0.2, -0.15) is 0 Å². The van der Waals surface area contributed by atoms with Gasteiger partial charge >= 0.3 is 18.0 Å². The van der Waals surface area contributed by atoms with E-state index in [1.54, 1.807) is 0 Å². The Morgan fingerprint density at radius 2 is 2.00 bits per heavy atom. The zero-order chi connectivity index (χ0) is 13.1. The van der Waals surface area contributed by atoms with Crippen LogP contribution in [0.2, 0.25) is 0 Å². The van der Waals surface area contributed by atoms with E-state index >= 15 is 0 Å². The fourth-order valence-electron chi connectivity index (χ4n) is 1.88. The van der Waals surface area contributed by atoms with E-state index in [1.807, 2.05) is 0 Å². The van der Waals surface area contributed by atoms with Gasteiger partial charge in [0.1, 0.15) is 0 Å². The third-order valence-electron chi connectivity index (χ3n) is 2.97. The Morgan fingerprint density at radius 3 is 2.47 bits per heavy atom. The molecule has 96 valence electrons. The smallest absolute Gasteiger partial charge is 0.404 e. The van der Waals surface area contributed by atoms with Crippen LogP contribution < -0.4 is 5.32 Å². The molecular weight excluding hydrogens is 230 g/mol. The van der Waals surface area contributed by atoms with Crippen molar-refractivity contribution in [3.05, 3.63) is 0 Å². The first-order chi connectivity index (χ1) is 7.96. The first-order valence-corrected chi connectivity index (χ1v) is 5.11. The van der Waals surface area contributed by atoms with Crippen LogP contribution in [-0.4, -0.2) is 43.4 Å². The van der Waals surface area contributed by atoms with E-state index in [-0.39, 0.29) is 12.8 Å². The van der Waals surface area contributed by atoms with E-state index in [1.165, 1.54) is 14.2 Å². The number of hydrogen-bond donors (Lipinski definition) is 2. The molecule has 7 heteroatoms. The number of rotatable bonds is 5. The topological polar surface area (TPSA) is 102 Å². The third kappa shape index (κ3) is 2.86. The van der Waals surface area contributed by atoms with Gasteiger partial charge in [-0.1, -0.05) is 0 Å². The van der Waals surface area contributed by atoms with Crippen molar-refractivity contribution in [1.82, 2.24) is 5.32 Å². The molecule has 0 bridgehead atoms. The fraction of sp³-hybridized carbons (Fsp3) is 0.700. The van der Waals surface area contributed by atoms with Crippen molar-refractivity contribution >= 4 is 18.0 Å². The number of methoxy groups -OCH3 is 2. The molecule has 2 N–H and O–H groups in total. The van der Waals surface area contributed by atoms with Crippen LogP contribution in [0.25, 0.3) is 0 Å². The number of hydrogen-bond acceptors (Lipinski definition) is 5. The predicted molar refractivity (Wildman–Crippen MR) is 55.3 cm³/mol. The van der Waals surface area contributed by atoms with Crippen LogP contribution in [0, 0.1) is 5.41 Å². The summed E-state index contributed by atoms with van der Waals surface area (Å²) in [6, 6.07) is -0.489. The fourth-order valence-corrected chi connectivity index (χ4v) is 1.88. The van der Waals surface area contributed by atoms with Gasteiger partial charge in [-0.05, 0) is 12.8 Å². The Bertz CT molecular complexity index is 342. The number of amides is 1. The Morgan fingerprint density at radius 1 is 1.35 bits per heavy atom. The first kappa shape index (κ1) is 13.3. The molecule has 1 amide bonds. The molecule has 0 radical (unpaired) electrons. The summed E-state index contributed by atoms with van der Waals surface area (Å²) in [5.41, 5.74) is -0.915.